The number of carbonyl (C=O) groups excluding carboxylic acids is 1. The van der Waals surface area contributed by atoms with Crippen molar-refractivity contribution < 1.29 is 18.0 Å². The van der Waals surface area contributed by atoms with Gasteiger partial charge in [0.25, 0.3) is 0 Å². The minimum absolute atomic E-state index is 0.216. The number of anilines is 1. The summed E-state index contributed by atoms with van der Waals surface area (Å²) in [5, 5.41) is 14.3. The van der Waals surface area contributed by atoms with Gasteiger partial charge in [-0.1, -0.05) is 26.2 Å². The lowest BCUT2D eigenvalue weighted by Gasteiger charge is -2.44. The number of likely N-dealkylation sites (tertiary alicyclic amines) is 1. The van der Waals surface area contributed by atoms with Gasteiger partial charge in [-0.2, -0.15) is 18.4 Å². The molecule has 2 saturated carbocycles. The van der Waals surface area contributed by atoms with E-state index in [4.69, 9.17) is 0 Å². The molecule has 13 heteroatoms. The number of hydrogen-bond acceptors (Lipinski definition) is 9. The van der Waals surface area contributed by atoms with Gasteiger partial charge in [-0.05, 0) is 68.4 Å². The molecule has 5 heterocycles. The largest absolute Gasteiger partial charge is 0.393 e. The van der Waals surface area contributed by atoms with Crippen molar-refractivity contribution in [1.82, 2.24) is 29.6 Å². The molecule has 4 fully saturated rings. The van der Waals surface area contributed by atoms with Crippen LogP contribution in [-0.4, -0.2) is 113 Å². The summed E-state index contributed by atoms with van der Waals surface area (Å²) >= 11 is 1.08. The fourth-order valence-corrected chi connectivity index (χ4v) is 10.6. The third-order valence-electron chi connectivity index (χ3n) is 12.5. The van der Waals surface area contributed by atoms with Crippen molar-refractivity contribution in [3.8, 4) is 6.07 Å². The molecule has 5 aliphatic rings. The van der Waals surface area contributed by atoms with E-state index in [2.05, 4.69) is 54.0 Å². The third-order valence-corrected chi connectivity index (χ3v) is 13.6. The molecule has 278 valence electrons. The molecule has 2 aromatic heterocycles. The lowest BCUT2D eigenvalue weighted by Crippen LogP contribution is -2.51. The monoisotopic (exact) mass is 726 g/mol. The maximum absolute atomic E-state index is 13.0. The Kier molecular flexibility index (Phi) is 11.4. The minimum atomic E-state index is -4.25. The highest BCUT2D eigenvalue weighted by Gasteiger charge is 2.44. The number of allylic oxidation sites excluding steroid dienone is 1. The summed E-state index contributed by atoms with van der Waals surface area (Å²) in [6.45, 7) is 10.6. The van der Waals surface area contributed by atoms with E-state index in [9.17, 15) is 23.2 Å². The van der Waals surface area contributed by atoms with Crippen molar-refractivity contribution in [1.29, 1.82) is 5.26 Å². The summed E-state index contributed by atoms with van der Waals surface area (Å²) in [4.78, 5) is 31.9. The molecule has 0 radical (unpaired) electrons. The Bertz CT molecular complexity index is 1570. The Morgan fingerprint density at radius 1 is 0.980 bits per heavy atom. The van der Waals surface area contributed by atoms with Crippen molar-refractivity contribution in [2.45, 2.75) is 95.8 Å². The van der Waals surface area contributed by atoms with Gasteiger partial charge in [-0.3, -0.25) is 9.69 Å². The smallest absolute Gasteiger partial charge is 0.367 e. The van der Waals surface area contributed by atoms with Crippen LogP contribution in [0.15, 0.2) is 24.2 Å². The predicted octanol–water partition coefficient (Wildman–Crippen LogP) is 6.54. The average Bonchev–Trinajstić information content (AvgIpc) is 3.70. The Morgan fingerprint density at radius 2 is 1.75 bits per heavy atom. The van der Waals surface area contributed by atoms with Gasteiger partial charge in [0.05, 0.1) is 11.8 Å². The number of nitrogens with zero attached hydrogens (tertiary/aromatic N) is 7. The van der Waals surface area contributed by atoms with Crippen molar-refractivity contribution >= 4 is 33.3 Å². The summed E-state index contributed by atoms with van der Waals surface area (Å²) in [5.74, 6) is 3.01. The fraction of sp³-hybridized carbons (Fsp3) is 0.737. The van der Waals surface area contributed by atoms with E-state index >= 15 is 0 Å². The second-order valence-electron chi connectivity index (χ2n) is 15.8. The number of carbonyl (C=O) groups is 1. The van der Waals surface area contributed by atoms with Gasteiger partial charge in [-0.25, -0.2) is 9.97 Å². The van der Waals surface area contributed by atoms with E-state index in [0.717, 1.165) is 108 Å². The third kappa shape index (κ3) is 8.82. The number of halogens is 3. The number of aromatic nitrogens is 2. The number of alkyl halides is 3. The Morgan fingerprint density at radius 3 is 2.47 bits per heavy atom. The summed E-state index contributed by atoms with van der Waals surface area (Å²) in [5.41, 5.74) is 0.834. The molecule has 2 saturated heterocycles. The number of rotatable bonds is 10. The topological polar surface area (TPSA) is 91.6 Å². The van der Waals surface area contributed by atoms with Gasteiger partial charge >= 0.3 is 6.18 Å². The van der Waals surface area contributed by atoms with Crippen LogP contribution in [0.1, 0.15) is 76.0 Å². The van der Waals surface area contributed by atoms with Crippen molar-refractivity contribution in [3.05, 3.63) is 29.0 Å². The highest BCUT2D eigenvalue weighted by Crippen LogP contribution is 2.44. The number of nitriles is 1. The molecule has 0 spiro atoms. The molecule has 1 N–H and O–H groups in total. The molecule has 7 rings (SSSR count). The van der Waals surface area contributed by atoms with E-state index in [-0.39, 0.29) is 10.9 Å². The van der Waals surface area contributed by atoms with Gasteiger partial charge in [0, 0.05) is 88.2 Å². The molecule has 0 bridgehead atoms. The lowest BCUT2D eigenvalue weighted by atomic mass is 9.70. The van der Waals surface area contributed by atoms with E-state index in [1.807, 2.05) is 0 Å². The predicted molar refractivity (Wildman–Crippen MR) is 194 cm³/mol. The zero-order valence-electron chi connectivity index (χ0n) is 29.9. The molecule has 2 aromatic rings. The quantitative estimate of drug-likeness (QED) is 0.295. The number of piperazine rings is 1. The highest BCUT2D eigenvalue weighted by molar-refractivity contribution is 7.18. The molecular formula is C38H53F3N8OS. The van der Waals surface area contributed by atoms with Crippen LogP contribution in [-0.2, 0) is 11.2 Å². The zero-order valence-corrected chi connectivity index (χ0v) is 30.7. The molecule has 3 aliphatic heterocycles. The van der Waals surface area contributed by atoms with E-state index < -0.39 is 12.6 Å². The van der Waals surface area contributed by atoms with Crippen LogP contribution in [0.25, 0.3) is 10.2 Å². The van der Waals surface area contributed by atoms with Gasteiger partial charge < -0.3 is 20.0 Å². The van der Waals surface area contributed by atoms with Gasteiger partial charge in [0.15, 0.2) is 0 Å². The van der Waals surface area contributed by atoms with Crippen molar-refractivity contribution in [2.24, 2.45) is 23.7 Å². The summed E-state index contributed by atoms with van der Waals surface area (Å²) in [6.07, 6.45) is 9.68. The van der Waals surface area contributed by atoms with Crippen LogP contribution in [0.4, 0.5) is 19.0 Å². The van der Waals surface area contributed by atoms with Crippen molar-refractivity contribution in [2.75, 3.05) is 64.2 Å². The summed E-state index contributed by atoms with van der Waals surface area (Å²) in [6, 6.07) is 4.71. The summed E-state index contributed by atoms with van der Waals surface area (Å²) in [7, 11) is 0. The first kappa shape index (κ1) is 36.4. The standard InChI is InChI=1S/C38H53F3N8OS/c1-26-28(24-47-11-9-29(10-12-47)45-36-33-21-31(22-38(39,40)41)51-37(33)44-25-43-36)7-8-34-32(26)20-30(23-42)49(34)18-15-46-13-16-48(17-14-46)35(50)19-27-5-3-2-4-6-27/h20-21,25-29,32,34H,2-19,22,24H2,1H3,(H,43,44,45). The minimum Gasteiger partial charge on any atom is -0.367 e. The number of nitrogens with one attached hydrogen (secondary N) is 1. The first-order valence-electron chi connectivity index (χ1n) is 19.3. The van der Waals surface area contributed by atoms with Crippen molar-refractivity contribution in [3.63, 3.8) is 0 Å². The molecule has 4 atom stereocenters. The Balaban J connectivity index is 0.854. The molecule has 1 amide bonds. The normalized spacial score (nSPS) is 27.4. The highest BCUT2D eigenvalue weighted by atomic mass is 32.1. The van der Waals surface area contributed by atoms with Crippen LogP contribution in [0.2, 0.25) is 0 Å². The van der Waals surface area contributed by atoms with Crippen LogP contribution < -0.4 is 5.32 Å². The number of hydrogen-bond donors (Lipinski definition) is 1. The second-order valence-corrected chi connectivity index (χ2v) is 16.9. The lowest BCUT2D eigenvalue weighted by molar-refractivity contribution is -0.134. The Labute approximate surface area is 304 Å². The van der Waals surface area contributed by atoms with Crippen LogP contribution in [0.3, 0.4) is 0 Å². The maximum atomic E-state index is 13.0. The molecule has 51 heavy (non-hydrogen) atoms. The zero-order chi connectivity index (χ0) is 35.5. The van der Waals surface area contributed by atoms with Crippen LogP contribution in [0, 0.1) is 35.0 Å². The molecule has 2 aliphatic carbocycles. The Hall–Kier alpha value is -2.95. The first-order chi connectivity index (χ1) is 24.6. The maximum Gasteiger partial charge on any atom is 0.393 e. The average molecular weight is 727 g/mol. The molecule has 4 unspecified atom stereocenters. The fourth-order valence-electron chi connectivity index (χ4n) is 9.56. The second kappa shape index (κ2) is 16.0. The van der Waals surface area contributed by atoms with Crippen LogP contribution >= 0.6 is 11.3 Å². The first-order valence-corrected chi connectivity index (χ1v) is 20.1. The number of amides is 1. The van der Waals surface area contributed by atoms with Gasteiger partial charge in [0.2, 0.25) is 5.91 Å². The molecule has 9 nitrogen and oxygen atoms in total. The summed E-state index contributed by atoms with van der Waals surface area (Å²) < 4.78 is 38.9. The van der Waals surface area contributed by atoms with Gasteiger partial charge in [-0.15, -0.1) is 11.3 Å². The molecular weight excluding hydrogens is 674 g/mol. The molecule has 0 aromatic carbocycles. The number of thiophene rings is 1. The van der Waals surface area contributed by atoms with E-state index in [0.29, 0.717) is 51.7 Å². The number of fused-ring (bicyclic) bond motifs is 2. The van der Waals surface area contributed by atoms with Crippen LogP contribution in [0.5, 0.6) is 0 Å². The van der Waals surface area contributed by atoms with E-state index in [1.54, 1.807) is 6.07 Å². The van der Waals surface area contributed by atoms with E-state index in [1.165, 1.54) is 38.4 Å². The number of piperidine rings is 1. The van der Waals surface area contributed by atoms with Gasteiger partial charge in [0.1, 0.15) is 28.7 Å². The SMILES string of the molecule is CC1C(CN2CCC(Nc3ncnc4sc(CC(F)(F)F)cc34)CC2)CCC2C1C=C(C#N)N2CCN1CCN(C(=O)CC2CCCCC2)CC1.